The number of aromatic nitrogens is 4. The van der Waals surface area contributed by atoms with Crippen molar-refractivity contribution in [1.29, 1.82) is 5.26 Å². The largest absolute Gasteiger partial charge is 0.423 e. The van der Waals surface area contributed by atoms with Crippen molar-refractivity contribution >= 4 is 22.3 Å². The molecule has 0 amide bonds. The van der Waals surface area contributed by atoms with Crippen molar-refractivity contribution in [2.45, 2.75) is 31.7 Å². The molecule has 4 N–H and O–H groups in total. The molecule has 0 aliphatic carbocycles. The molecule has 0 atom stereocenters. The van der Waals surface area contributed by atoms with E-state index in [4.69, 9.17) is 5.73 Å². The van der Waals surface area contributed by atoms with E-state index in [0.29, 0.717) is 18.9 Å². The number of nitrogens with zero attached hydrogens (tertiary/aromatic N) is 4. The molecule has 0 bridgehead atoms. The van der Waals surface area contributed by atoms with Crippen molar-refractivity contribution in [2.75, 3.05) is 17.6 Å². The molecular formula is C25H18F7N7O2. The molecule has 0 spiro atoms. The van der Waals surface area contributed by atoms with Gasteiger partial charge < -0.3 is 15.6 Å². The number of nitrogens with one attached hydrogen (secondary N) is 2. The smallest absolute Gasteiger partial charge is 0.383 e. The third-order valence-electron chi connectivity index (χ3n) is 6.08. The van der Waals surface area contributed by atoms with E-state index in [1.807, 2.05) is 0 Å². The fourth-order valence-electron chi connectivity index (χ4n) is 4.15. The number of pyridine rings is 2. The molecule has 16 heteroatoms. The van der Waals surface area contributed by atoms with Crippen molar-refractivity contribution in [1.82, 2.24) is 19.7 Å². The average Bonchev–Trinajstić information content (AvgIpc) is 2.88. The van der Waals surface area contributed by atoms with Crippen molar-refractivity contribution in [3.05, 3.63) is 79.9 Å². The first-order chi connectivity index (χ1) is 19.2. The number of alkyl halides is 6. The van der Waals surface area contributed by atoms with E-state index in [2.05, 4.69) is 15.4 Å². The van der Waals surface area contributed by atoms with Crippen molar-refractivity contribution < 1.29 is 30.7 Å². The maximum absolute atomic E-state index is 15.1. The van der Waals surface area contributed by atoms with Gasteiger partial charge in [-0.05, 0) is 42.5 Å². The number of H-pyrrole nitrogens is 1. The maximum atomic E-state index is 15.1. The highest BCUT2D eigenvalue weighted by atomic mass is 19.4. The molecule has 1 aromatic carbocycles. The van der Waals surface area contributed by atoms with Crippen molar-refractivity contribution in [3.63, 3.8) is 0 Å². The molecule has 3 heterocycles. The Kier molecular flexibility index (Phi) is 7.73. The van der Waals surface area contributed by atoms with Gasteiger partial charge in [0.25, 0.3) is 11.1 Å². The van der Waals surface area contributed by atoms with Crippen molar-refractivity contribution in [3.8, 4) is 17.3 Å². The Balaban J connectivity index is 1.52. The van der Waals surface area contributed by atoms with E-state index < -0.39 is 63.2 Å². The molecule has 0 aliphatic rings. The van der Waals surface area contributed by atoms with E-state index in [0.717, 1.165) is 12.3 Å². The highest BCUT2D eigenvalue weighted by Gasteiger charge is 2.37. The quantitative estimate of drug-likeness (QED) is 0.213. The van der Waals surface area contributed by atoms with Crippen LogP contribution in [0, 0.1) is 17.1 Å². The van der Waals surface area contributed by atoms with Crippen LogP contribution in [-0.2, 0) is 18.9 Å². The fraction of sp³-hybridized carbons (Fsp3) is 0.240. The van der Waals surface area contributed by atoms with Crippen LogP contribution in [0.15, 0.2) is 46.2 Å². The molecule has 0 unspecified atom stereocenters. The Morgan fingerprint density at radius 1 is 1.07 bits per heavy atom. The van der Waals surface area contributed by atoms with Crippen LogP contribution in [-0.4, -0.2) is 26.3 Å². The van der Waals surface area contributed by atoms with E-state index >= 15 is 4.39 Å². The fourth-order valence-corrected chi connectivity index (χ4v) is 4.15. The zero-order valence-electron chi connectivity index (χ0n) is 20.6. The van der Waals surface area contributed by atoms with Gasteiger partial charge in [-0.15, -0.1) is 0 Å². The molecule has 4 rings (SSSR count). The lowest BCUT2D eigenvalue weighted by molar-refractivity contribution is -0.138. The zero-order valence-corrected chi connectivity index (χ0v) is 20.6. The van der Waals surface area contributed by atoms with Gasteiger partial charge in [0.05, 0.1) is 34.1 Å². The summed E-state index contributed by atoms with van der Waals surface area (Å²) < 4.78 is 95.2. The Bertz CT molecular complexity index is 1790. The van der Waals surface area contributed by atoms with E-state index in [1.54, 1.807) is 11.2 Å². The Labute approximate surface area is 225 Å². The summed E-state index contributed by atoms with van der Waals surface area (Å²) in [7, 11) is 0. The SMILES string of the molecule is N#Cc1cc(C(F)(F)F)c(N)nc1-c1cc2ccn(CCCCNc3cn[nH]c(=O)c3C(F)(F)F)c(=O)c2cc1F. The third kappa shape index (κ3) is 5.98. The lowest BCUT2D eigenvalue weighted by atomic mass is 10.0. The number of aromatic amines is 1. The topological polar surface area (TPSA) is 142 Å². The predicted molar refractivity (Wildman–Crippen MR) is 133 cm³/mol. The number of aryl methyl sites for hydroxylation is 1. The lowest BCUT2D eigenvalue weighted by Crippen LogP contribution is -2.25. The van der Waals surface area contributed by atoms with Crippen LogP contribution in [0.1, 0.15) is 29.5 Å². The second kappa shape index (κ2) is 10.9. The molecule has 9 nitrogen and oxygen atoms in total. The minimum atomic E-state index is -4.89. The number of nitrogens with two attached hydrogens (primary N) is 1. The second-order valence-corrected chi connectivity index (χ2v) is 8.78. The van der Waals surface area contributed by atoms with E-state index in [1.165, 1.54) is 22.9 Å². The third-order valence-corrected chi connectivity index (χ3v) is 6.08. The van der Waals surface area contributed by atoms with Gasteiger partial charge in [0.2, 0.25) is 0 Å². The average molecular weight is 581 g/mol. The summed E-state index contributed by atoms with van der Waals surface area (Å²) in [5.41, 5.74) is -1.11. The summed E-state index contributed by atoms with van der Waals surface area (Å²) in [5.74, 6) is -1.97. The van der Waals surface area contributed by atoms with Gasteiger partial charge in [0.1, 0.15) is 23.3 Å². The summed E-state index contributed by atoms with van der Waals surface area (Å²) >= 11 is 0. The Morgan fingerprint density at radius 3 is 2.46 bits per heavy atom. The van der Waals surface area contributed by atoms with Crippen molar-refractivity contribution in [2.24, 2.45) is 0 Å². The van der Waals surface area contributed by atoms with Crippen LogP contribution in [0.2, 0.25) is 0 Å². The van der Waals surface area contributed by atoms with Crippen LogP contribution in [0.25, 0.3) is 22.0 Å². The summed E-state index contributed by atoms with van der Waals surface area (Å²) in [6, 6.07) is 5.53. The summed E-state index contributed by atoms with van der Waals surface area (Å²) in [4.78, 5) is 28.1. The number of nitriles is 1. The Morgan fingerprint density at radius 2 is 1.80 bits per heavy atom. The monoisotopic (exact) mass is 581 g/mol. The Hall–Kier alpha value is -4.94. The molecule has 0 aliphatic heterocycles. The summed E-state index contributed by atoms with van der Waals surface area (Å²) in [6.07, 6.45) is -6.93. The molecule has 0 fully saturated rings. The number of nitrogen functional groups attached to an aromatic ring is 1. The van der Waals surface area contributed by atoms with Gasteiger partial charge in [-0.25, -0.2) is 14.5 Å². The minimum Gasteiger partial charge on any atom is -0.383 e. The zero-order chi connectivity index (χ0) is 30.1. The lowest BCUT2D eigenvalue weighted by Gasteiger charge is -2.14. The first-order valence-electron chi connectivity index (χ1n) is 11.7. The van der Waals surface area contributed by atoms with Gasteiger partial charge in [0, 0.05) is 24.8 Å². The maximum Gasteiger partial charge on any atom is 0.423 e. The first-order valence-corrected chi connectivity index (χ1v) is 11.7. The van der Waals surface area contributed by atoms with Gasteiger partial charge in [-0.2, -0.15) is 36.7 Å². The number of rotatable bonds is 7. The number of fused-ring (bicyclic) bond motifs is 1. The van der Waals surface area contributed by atoms with Crippen LogP contribution in [0.5, 0.6) is 0 Å². The number of anilines is 2. The highest BCUT2D eigenvalue weighted by Crippen LogP contribution is 2.37. The molecule has 0 radical (unpaired) electrons. The summed E-state index contributed by atoms with van der Waals surface area (Å²) in [5, 5.41) is 17.1. The van der Waals surface area contributed by atoms with Crippen LogP contribution < -0.4 is 22.2 Å². The number of benzene rings is 1. The predicted octanol–water partition coefficient (Wildman–Crippen LogP) is 4.67. The molecule has 214 valence electrons. The second-order valence-electron chi connectivity index (χ2n) is 8.78. The van der Waals surface area contributed by atoms with Gasteiger partial charge in [-0.3, -0.25) is 9.59 Å². The standard InChI is InChI=1S/C25H18F7N7O2/c26-17-9-14-12(7-15(17)20-13(10-33)8-16(21(34)37-20)24(27,28)29)3-6-39(23(14)41)5-2-1-4-35-18-11-36-38-22(40)19(18)25(30,31)32/h3,6-9,11H,1-2,4-5H2,(H2,34,37)(H2,35,38,40). The molecule has 0 saturated heterocycles. The number of halogens is 7. The molecule has 3 aromatic heterocycles. The number of hydrogen-bond donors (Lipinski definition) is 3. The van der Waals surface area contributed by atoms with E-state index in [9.17, 15) is 41.2 Å². The number of hydrogen-bond acceptors (Lipinski definition) is 7. The molecule has 4 aromatic rings. The van der Waals surface area contributed by atoms with Gasteiger partial charge in [0.15, 0.2) is 0 Å². The van der Waals surface area contributed by atoms with Crippen LogP contribution in [0.3, 0.4) is 0 Å². The van der Waals surface area contributed by atoms with Gasteiger partial charge in [-0.1, -0.05) is 0 Å². The number of unbranched alkanes of at least 4 members (excludes halogenated alkanes) is 1. The summed E-state index contributed by atoms with van der Waals surface area (Å²) in [6.45, 7) is 0.147. The minimum absolute atomic E-state index is 0.0268. The van der Waals surface area contributed by atoms with Crippen LogP contribution >= 0.6 is 0 Å². The molecular weight excluding hydrogens is 563 g/mol. The molecule has 0 saturated carbocycles. The van der Waals surface area contributed by atoms with E-state index in [-0.39, 0.29) is 29.4 Å². The van der Waals surface area contributed by atoms with Crippen LogP contribution in [0.4, 0.5) is 42.2 Å². The first kappa shape index (κ1) is 29.1. The van der Waals surface area contributed by atoms with Gasteiger partial charge >= 0.3 is 12.4 Å². The molecule has 41 heavy (non-hydrogen) atoms. The normalized spacial score (nSPS) is 12.0. The highest BCUT2D eigenvalue weighted by molar-refractivity contribution is 5.87.